The predicted octanol–water partition coefficient (Wildman–Crippen LogP) is 2.28. The van der Waals surface area contributed by atoms with E-state index >= 15 is 0 Å². The van der Waals surface area contributed by atoms with Gasteiger partial charge in [-0.25, -0.2) is 0 Å². The van der Waals surface area contributed by atoms with Gasteiger partial charge in [-0.2, -0.15) is 0 Å². The minimum atomic E-state index is -0.332. The fourth-order valence-corrected chi connectivity index (χ4v) is 0.669. The molecule has 0 aromatic heterocycles. The Morgan fingerprint density at radius 3 is 2.70 bits per heavy atom. The second kappa shape index (κ2) is 6.56. The van der Waals surface area contributed by atoms with Crippen molar-refractivity contribution in [2.45, 2.75) is 32.3 Å². The maximum atomic E-state index is 9.01. The van der Waals surface area contributed by atoms with E-state index in [0.717, 1.165) is 19.3 Å². The maximum Gasteiger partial charge on any atom is 0.0721 e. The Hall–Kier alpha value is -0.560. The summed E-state index contributed by atoms with van der Waals surface area (Å²) in [6, 6.07) is 0. The maximum absolute atomic E-state index is 9.01. The molecule has 1 heteroatoms. The average Bonchev–Trinajstić information content (AvgIpc) is 1.98. The van der Waals surface area contributed by atoms with Crippen LogP contribution in [0.1, 0.15) is 26.2 Å². The van der Waals surface area contributed by atoms with E-state index in [-0.39, 0.29) is 6.10 Å². The van der Waals surface area contributed by atoms with Crippen LogP contribution in [0.25, 0.3) is 0 Å². The number of rotatable bonds is 5. The topological polar surface area (TPSA) is 20.2 Å². The van der Waals surface area contributed by atoms with Crippen LogP contribution in [0.4, 0.5) is 0 Å². The zero-order chi connectivity index (χ0) is 7.82. The predicted molar refractivity (Wildman–Crippen MR) is 44.9 cm³/mol. The van der Waals surface area contributed by atoms with Gasteiger partial charge in [-0.1, -0.05) is 25.2 Å². The quantitative estimate of drug-likeness (QED) is 0.581. The summed E-state index contributed by atoms with van der Waals surface area (Å²) in [5, 5.41) is 9.01. The molecule has 1 unspecified atom stereocenters. The van der Waals surface area contributed by atoms with Crippen molar-refractivity contribution in [3.05, 3.63) is 24.8 Å². The summed E-state index contributed by atoms with van der Waals surface area (Å²) in [5.74, 6) is 0. The number of aliphatic hydroxyl groups is 1. The molecule has 58 valence electrons. The van der Waals surface area contributed by atoms with E-state index in [1.54, 1.807) is 6.08 Å². The molecule has 0 aliphatic carbocycles. The Bertz CT molecular complexity index is 105. The van der Waals surface area contributed by atoms with Crippen molar-refractivity contribution in [2.75, 3.05) is 0 Å². The molecule has 1 atom stereocenters. The molecular weight excluding hydrogens is 124 g/mol. The Labute approximate surface area is 63.1 Å². The molecular formula is C9H16O. The second-order valence-electron chi connectivity index (χ2n) is 2.26. The molecule has 0 aromatic carbocycles. The molecule has 0 spiro atoms. The minimum Gasteiger partial charge on any atom is -0.389 e. The lowest BCUT2D eigenvalue weighted by Crippen LogP contribution is -1.99. The molecule has 1 nitrogen and oxygen atoms in total. The normalized spacial score (nSPS) is 13.8. The third-order valence-electron chi connectivity index (χ3n) is 1.30. The summed E-state index contributed by atoms with van der Waals surface area (Å²) in [5.41, 5.74) is 0. The van der Waals surface area contributed by atoms with Gasteiger partial charge in [0.2, 0.25) is 0 Å². The summed E-state index contributed by atoms with van der Waals surface area (Å²) in [7, 11) is 0. The molecule has 0 rings (SSSR count). The van der Waals surface area contributed by atoms with Crippen molar-refractivity contribution >= 4 is 0 Å². The molecule has 0 aromatic rings. The van der Waals surface area contributed by atoms with Crippen LogP contribution >= 0.6 is 0 Å². The Morgan fingerprint density at radius 1 is 1.50 bits per heavy atom. The lowest BCUT2D eigenvalue weighted by molar-refractivity contribution is 0.214. The third-order valence-corrected chi connectivity index (χ3v) is 1.30. The zero-order valence-electron chi connectivity index (χ0n) is 6.59. The van der Waals surface area contributed by atoms with Gasteiger partial charge in [0.05, 0.1) is 6.10 Å². The first-order chi connectivity index (χ1) is 4.81. The highest BCUT2D eigenvalue weighted by Crippen LogP contribution is 1.98. The van der Waals surface area contributed by atoms with Gasteiger partial charge < -0.3 is 5.11 Å². The van der Waals surface area contributed by atoms with Gasteiger partial charge in [-0.05, 0) is 19.3 Å². The molecule has 0 saturated heterocycles. The van der Waals surface area contributed by atoms with Gasteiger partial charge in [0, 0.05) is 0 Å². The fraction of sp³-hybridized carbons (Fsp3) is 0.556. The molecule has 0 saturated carbocycles. The highest BCUT2D eigenvalue weighted by Gasteiger charge is 1.92. The van der Waals surface area contributed by atoms with E-state index < -0.39 is 0 Å². The van der Waals surface area contributed by atoms with Crippen LogP contribution in [-0.2, 0) is 0 Å². The van der Waals surface area contributed by atoms with E-state index in [1.165, 1.54) is 0 Å². The van der Waals surface area contributed by atoms with Crippen LogP contribution in [0, 0.1) is 0 Å². The van der Waals surface area contributed by atoms with Crippen molar-refractivity contribution in [2.24, 2.45) is 0 Å². The van der Waals surface area contributed by atoms with Gasteiger partial charge in [0.1, 0.15) is 0 Å². The van der Waals surface area contributed by atoms with E-state index in [9.17, 15) is 0 Å². The summed E-state index contributed by atoms with van der Waals surface area (Å²) in [6.07, 6.45) is 8.24. The molecule has 0 bridgehead atoms. The van der Waals surface area contributed by atoms with Crippen LogP contribution < -0.4 is 0 Å². The monoisotopic (exact) mass is 140 g/mol. The lowest BCUT2D eigenvalue weighted by Gasteiger charge is -1.99. The molecule has 0 radical (unpaired) electrons. The molecule has 1 N–H and O–H groups in total. The second-order valence-corrected chi connectivity index (χ2v) is 2.26. The summed E-state index contributed by atoms with van der Waals surface area (Å²) in [6.45, 7) is 5.58. The van der Waals surface area contributed by atoms with Crippen LogP contribution in [0.2, 0.25) is 0 Å². The molecule has 0 aliphatic rings. The molecule has 0 aliphatic heterocycles. The summed E-state index contributed by atoms with van der Waals surface area (Å²) in [4.78, 5) is 0. The Kier molecular flexibility index (Phi) is 6.19. The van der Waals surface area contributed by atoms with E-state index in [2.05, 4.69) is 25.7 Å². The van der Waals surface area contributed by atoms with Crippen molar-refractivity contribution in [3.63, 3.8) is 0 Å². The minimum absolute atomic E-state index is 0.332. The van der Waals surface area contributed by atoms with E-state index in [0.29, 0.717) is 0 Å². The largest absolute Gasteiger partial charge is 0.389 e. The van der Waals surface area contributed by atoms with Gasteiger partial charge in [0.25, 0.3) is 0 Å². The standard InChI is InChI=1S/C9H16O/c1-3-5-6-7-8-9(10)4-2/h4-6,9-10H,2-3,7-8H2,1H3/b6-5-. The highest BCUT2D eigenvalue weighted by atomic mass is 16.3. The Balaban J connectivity index is 3.18. The molecule has 0 fully saturated rings. The number of aliphatic hydroxyl groups excluding tert-OH is 1. The smallest absolute Gasteiger partial charge is 0.0721 e. The fourth-order valence-electron chi connectivity index (χ4n) is 0.669. The Morgan fingerprint density at radius 2 is 2.20 bits per heavy atom. The van der Waals surface area contributed by atoms with Crippen molar-refractivity contribution in [3.8, 4) is 0 Å². The first-order valence-electron chi connectivity index (χ1n) is 3.76. The van der Waals surface area contributed by atoms with Crippen molar-refractivity contribution in [1.29, 1.82) is 0 Å². The average molecular weight is 140 g/mol. The molecule has 0 amide bonds. The van der Waals surface area contributed by atoms with Gasteiger partial charge in [-0.15, -0.1) is 6.58 Å². The van der Waals surface area contributed by atoms with Gasteiger partial charge in [-0.3, -0.25) is 0 Å². The third kappa shape index (κ3) is 5.57. The zero-order valence-corrected chi connectivity index (χ0v) is 6.59. The number of hydrogen-bond donors (Lipinski definition) is 1. The van der Waals surface area contributed by atoms with Crippen LogP contribution in [-0.4, -0.2) is 11.2 Å². The number of allylic oxidation sites excluding steroid dienone is 2. The van der Waals surface area contributed by atoms with E-state index in [1.807, 2.05) is 0 Å². The summed E-state index contributed by atoms with van der Waals surface area (Å²) >= 11 is 0. The number of hydrogen-bond acceptors (Lipinski definition) is 1. The highest BCUT2D eigenvalue weighted by molar-refractivity contribution is 4.84. The molecule has 10 heavy (non-hydrogen) atoms. The van der Waals surface area contributed by atoms with Crippen LogP contribution in [0.15, 0.2) is 24.8 Å². The van der Waals surface area contributed by atoms with Gasteiger partial charge >= 0.3 is 0 Å². The lowest BCUT2D eigenvalue weighted by atomic mass is 10.2. The molecule has 0 heterocycles. The first-order valence-corrected chi connectivity index (χ1v) is 3.76. The van der Waals surface area contributed by atoms with Gasteiger partial charge in [0.15, 0.2) is 0 Å². The van der Waals surface area contributed by atoms with E-state index in [4.69, 9.17) is 5.11 Å². The van der Waals surface area contributed by atoms with Crippen molar-refractivity contribution < 1.29 is 5.11 Å². The first kappa shape index (κ1) is 9.44. The SMILES string of the molecule is C=CC(O)CC/C=C\CC. The van der Waals surface area contributed by atoms with Crippen LogP contribution in [0.3, 0.4) is 0 Å². The van der Waals surface area contributed by atoms with Crippen molar-refractivity contribution in [1.82, 2.24) is 0 Å². The van der Waals surface area contributed by atoms with Crippen LogP contribution in [0.5, 0.6) is 0 Å². The summed E-state index contributed by atoms with van der Waals surface area (Å²) < 4.78 is 0.